The van der Waals surface area contributed by atoms with E-state index in [2.05, 4.69) is 10.5 Å². The van der Waals surface area contributed by atoms with Crippen molar-refractivity contribution in [1.29, 1.82) is 0 Å². The lowest BCUT2D eigenvalue weighted by atomic mass is 10.2. The smallest absolute Gasteiger partial charge is 0.254 e. The summed E-state index contributed by atoms with van der Waals surface area (Å²) in [6.45, 7) is 0. The van der Waals surface area contributed by atoms with Crippen molar-refractivity contribution in [3.63, 3.8) is 0 Å². The fraction of sp³-hybridized carbons (Fsp3) is 0. The molecule has 0 aliphatic heterocycles. The van der Waals surface area contributed by atoms with Crippen molar-refractivity contribution in [2.75, 3.05) is 5.43 Å². The molecule has 0 aliphatic carbocycles. The van der Waals surface area contributed by atoms with Gasteiger partial charge < -0.3 is 10.2 Å². The van der Waals surface area contributed by atoms with Gasteiger partial charge in [-0.25, -0.2) is 0 Å². The Hall–Kier alpha value is -3.08. The van der Waals surface area contributed by atoms with Gasteiger partial charge in [0.1, 0.15) is 11.1 Å². The number of hydrogen-bond donors (Lipinski definition) is 2. The van der Waals surface area contributed by atoms with E-state index < -0.39 is 5.91 Å². The molecule has 0 bridgehead atoms. The number of benzene rings is 2. The van der Waals surface area contributed by atoms with Crippen molar-refractivity contribution in [3.05, 3.63) is 71.8 Å². The number of nitrogens with two attached hydrogens (primary N) is 1. The van der Waals surface area contributed by atoms with Crippen molar-refractivity contribution < 1.29 is 9.21 Å². The summed E-state index contributed by atoms with van der Waals surface area (Å²) < 4.78 is 5.65. The molecule has 0 saturated carbocycles. The Morgan fingerprint density at radius 2 is 1.76 bits per heavy atom. The molecule has 2 aromatic carbocycles. The fourth-order valence-electron chi connectivity index (χ4n) is 1.96. The minimum atomic E-state index is -0.585. The molecule has 0 atom stereocenters. The van der Waals surface area contributed by atoms with Crippen LogP contribution in [-0.2, 0) is 0 Å². The summed E-state index contributed by atoms with van der Waals surface area (Å²) in [6.07, 6.45) is 0. The van der Waals surface area contributed by atoms with Crippen LogP contribution in [0.1, 0.15) is 10.4 Å². The Kier molecular flexibility index (Phi) is 3.39. The average Bonchev–Trinajstić information content (AvgIpc) is 2.53. The number of nitrogens with zero attached hydrogens (tertiary/aromatic N) is 1. The van der Waals surface area contributed by atoms with Crippen LogP contribution in [0.15, 0.2) is 70.2 Å². The van der Waals surface area contributed by atoms with Crippen molar-refractivity contribution in [2.45, 2.75) is 0 Å². The second-order valence-electron chi connectivity index (χ2n) is 4.46. The Balaban J connectivity index is 2.11. The molecule has 3 rings (SSSR count). The first-order chi connectivity index (χ1) is 10.2. The normalized spacial score (nSPS) is 11.5. The molecule has 21 heavy (non-hydrogen) atoms. The van der Waals surface area contributed by atoms with Crippen molar-refractivity contribution >= 4 is 22.6 Å². The van der Waals surface area contributed by atoms with Crippen LogP contribution in [0, 0.1) is 0 Å². The highest BCUT2D eigenvalue weighted by molar-refractivity contribution is 5.95. The van der Waals surface area contributed by atoms with Gasteiger partial charge in [0, 0.05) is 5.39 Å². The van der Waals surface area contributed by atoms with Crippen LogP contribution >= 0.6 is 0 Å². The Bertz CT molecular complexity index is 854. The maximum Gasteiger partial charge on any atom is 0.254 e. The monoisotopic (exact) mass is 279 g/mol. The lowest BCUT2D eigenvalue weighted by molar-refractivity contribution is 0.0996. The highest BCUT2D eigenvalue weighted by Crippen LogP contribution is 2.12. The molecule has 0 fully saturated rings. The van der Waals surface area contributed by atoms with Crippen LogP contribution < -0.4 is 16.7 Å². The maximum atomic E-state index is 11.6. The average molecular weight is 279 g/mol. The lowest BCUT2D eigenvalue weighted by Gasteiger charge is -2.02. The molecular weight excluding hydrogens is 266 g/mol. The van der Waals surface area contributed by atoms with Crippen LogP contribution in [0.4, 0.5) is 5.69 Å². The van der Waals surface area contributed by atoms with Gasteiger partial charge in [0.15, 0.2) is 0 Å². The van der Waals surface area contributed by atoms with Crippen molar-refractivity contribution in [1.82, 2.24) is 0 Å². The third-order valence-electron chi connectivity index (χ3n) is 2.98. The summed E-state index contributed by atoms with van der Waals surface area (Å²) in [6, 6.07) is 18.4. The van der Waals surface area contributed by atoms with E-state index in [1.54, 1.807) is 6.07 Å². The largest absolute Gasteiger partial charge is 0.436 e. The zero-order chi connectivity index (χ0) is 14.7. The minimum absolute atomic E-state index is 0.157. The number of anilines is 1. The Morgan fingerprint density at radius 3 is 2.52 bits per heavy atom. The molecule has 104 valence electrons. The highest BCUT2D eigenvalue weighted by atomic mass is 16.3. The second-order valence-corrected chi connectivity index (χ2v) is 4.46. The van der Waals surface area contributed by atoms with Gasteiger partial charge in [-0.2, -0.15) is 0 Å². The summed E-state index contributed by atoms with van der Waals surface area (Å²) in [5.74, 6) is -0.585. The van der Waals surface area contributed by atoms with Crippen LogP contribution in [0.3, 0.4) is 0 Å². The first-order valence-electron chi connectivity index (χ1n) is 6.41. The zero-order valence-electron chi connectivity index (χ0n) is 11.1. The molecule has 0 radical (unpaired) electrons. The minimum Gasteiger partial charge on any atom is -0.436 e. The van der Waals surface area contributed by atoms with E-state index in [-0.39, 0.29) is 11.1 Å². The Labute approximate surface area is 120 Å². The molecule has 0 spiro atoms. The zero-order valence-corrected chi connectivity index (χ0v) is 11.1. The quantitative estimate of drug-likeness (QED) is 0.723. The predicted molar refractivity (Wildman–Crippen MR) is 80.4 cm³/mol. The third kappa shape index (κ3) is 2.76. The molecule has 0 aliphatic rings. The lowest BCUT2D eigenvalue weighted by Crippen LogP contribution is -2.22. The molecule has 1 amide bonds. The fourth-order valence-corrected chi connectivity index (χ4v) is 1.96. The number of carbonyl (C=O) groups is 1. The van der Waals surface area contributed by atoms with E-state index in [4.69, 9.17) is 10.2 Å². The molecule has 0 unspecified atom stereocenters. The molecule has 1 aromatic heterocycles. The van der Waals surface area contributed by atoms with Gasteiger partial charge in [0.05, 0.1) is 5.69 Å². The van der Waals surface area contributed by atoms with Crippen molar-refractivity contribution in [2.24, 2.45) is 10.8 Å². The van der Waals surface area contributed by atoms with E-state index in [9.17, 15) is 4.79 Å². The van der Waals surface area contributed by atoms with Crippen LogP contribution in [-0.4, -0.2) is 5.91 Å². The Morgan fingerprint density at radius 1 is 1.05 bits per heavy atom. The van der Waals surface area contributed by atoms with Gasteiger partial charge >= 0.3 is 0 Å². The topological polar surface area (TPSA) is 80.6 Å². The number of primary amides is 1. The molecule has 5 nitrogen and oxygen atoms in total. The number of para-hydroxylation sites is 2. The molecular formula is C16H13N3O2. The first kappa shape index (κ1) is 12.9. The van der Waals surface area contributed by atoms with Crippen LogP contribution in [0.2, 0.25) is 0 Å². The molecule has 0 saturated heterocycles. The number of carbonyl (C=O) groups excluding carboxylic acids is 1. The molecule has 3 N–H and O–H groups in total. The summed E-state index contributed by atoms with van der Waals surface area (Å²) >= 11 is 0. The van der Waals surface area contributed by atoms with Crippen LogP contribution in [0.25, 0.3) is 11.0 Å². The van der Waals surface area contributed by atoms with Crippen molar-refractivity contribution in [3.8, 4) is 0 Å². The van der Waals surface area contributed by atoms with E-state index in [0.717, 1.165) is 11.1 Å². The van der Waals surface area contributed by atoms with Gasteiger partial charge in [0.2, 0.25) is 5.55 Å². The standard InChI is InChI=1S/C16H13N3O2/c17-15(20)13-10-11-6-4-5-9-14(11)21-16(13)19-18-12-7-2-1-3-8-12/h1-10,18H,(H2,17,20)/b19-16-. The van der Waals surface area contributed by atoms with Gasteiger partial charge in [0.25, 0.3) is 5.91 Å². The van der Waals surface area contributed by atoms with E-state index in [1.165, 1.54) is 0 Å². The van der Waals surface area contributed by atoms with E-state index in [0.29, 0.717) is 5.58 Å². The predicted octanol–water partition coefficient (Wildman–Crippen LogP) is 2.46. The summed E-state index contributed by atoms with van der Waals surface area (Å²) in [5.41, 5.74) is 10.0. The van der Waals surface area contributed by atoms with Gasteiger partial charge in [-0.1, -0.05) is 36.4 Å². The number of rotatable bonds is 3. The van der Waals surface area contributed by atoms with Gasteiger partial charge in [-0.05, 0) is 24.3 Å². The second kappa shape index (κ2) is 5.50. The van der Waals surface area contributed by atoms with E-state index >= 15 is 0 Å². The molecule has 3 aromatic rings. The maximum absolute atomic E-state index is 11.6. The number of hydrogen-bond acceptors (Lipinski definition) is 4. The summed E-state index contributed by atoms with van der Waals surface area (Å²) in [4.78, 5) is 11.6. The number of amides is 1. The number of fused-ring (bicyclic) bond motifs is 1. The van der Waals surface area contributed by atoms with E-state index in [1.807, 2.05) is 54.6 Å². The highest BCUT2D eigenvalue weighted by Gasteiger charge is 2.08. The van der Waals surface area contributed by atoms with Crippen LogP contribution in [0.5, 0.6) is 0 Å². The SMILES string of the molecule is NC(=O)c1cc2ccccc2o/c1=N\Nc1ccccc1. The molecule has 5 heteroatoms. The third-order valence-corrected chi connectivity index (χ3v) is 2.98. The van der Waals surface area contributed by atoms with Gasteiger partial charge in [-0.3, -0.25) is 10.2 Å². The first-order valence-corrected chi connectivity index (χ1v) is 6.41. The number of nitrogens with one attached hydrogen (secondary N) is 1. The van der Waals surface area contributed by atoms with Gasteiger partial charge in [-0.15, -0.1) is 5.10 Å². The summed E-state index contributed by atoms with van der Waals surface area (Å²) in [7, 11) is 0. The summed E-state index contributed by atoms with van der Waals surface area (Å²) in [5, 5.41) is 4.93. The molecule has 1 heterocycles.